The fourth-order valence-electron chi connectivity index (χ4n) is 3.42. The van der Waals surface area contributed by atoms with Gasteiger partial charge in [-0.2, -0.15) is 0 Å². The van der Waals surface area contributed by atoms with Gasteiger partial charge in [0.2, 0.25) is 0 Å². The number of anilines is 1. The lowest BCUT2D eigenvalue weighted by Crippen LogP contribution is -2.22. The number of halogens is 1. The summed E-state index contributed by atoms with van der Waals surface area (Å²) in [6, 6.07) is 9.83. The van der Waals surface area contributed by atoms with Gasteiger partial charge in [-0.1, -0.05) is 18.2 Å². The summed E-state index contributed by atoms with van der Waals surface area (Å²) in [6.45, 7) is 0. The van der Waals surface area contributed by atoms with Gasteiger partial charge in [-0.3, -0.25) is 4.79 Å². The van der Waals surface area contributed by atoms with Crippen LogP contribution >= 0.6 is 0 Å². The van der Waals surface area contributed by atoms with Gasteiger partial charge in [0, 0.05) is 42.1 Å². The van der Waals surface area contributed by atoms with E-state index in [9.17, 15) is 9.18 Å². The zero-order valence-corrected chi connectivity index (χ0v) is 15.1. The van der Waals surface area contributed by atoms with Gasteiger partial charge in [-0.15, -0.1) is 0 Å². The van der Waals surface area contributed by atoms with Gasteiger partial charge < -0.3 is 15.4 Å². The molecule has 1 aliphatic heterocycles. The zero-order chi connectivity index (χ0) is 19.1. The molecule has 136 valence electrons. The van der Waals surface area contributed by atoms with Crippen LogP contribution < -0.4 is 10.5 Å². The summed E-state index contributed by atoms with van der Waals surface area (Å²) in [7, 11) is 3.43. The lowest BCUT2D eigenvalue weighted by atomic mass is 9.90. The molecule has 0 spiro atoms. The zero-order valence-electron chi connectivity index (χ0n) is 15.1. The maximum absolute atomic E-state index is 13.4. The summed E-state index contributed by atoms with van der Waals surface area (Å²) in [4.78, 5) is 14.0. The van der Waals surface area contributed by atoms with Crippen LogP contribution in [-0.4, -0.2) is 31.0 Å². The molecule has 2 aromatic carbocycles. The smallest absolute Gasteiger partial charge is 0.253 e. The highest BCUT2D eigenvalue weighted by molar-refractivity contribution is 6.02. The second kappa shape index (κ2) is 6.43. The highest BCUT2D eigenvalue weighted by Crippen LogP contribution is 2.47. The molecule has 4 rings (SSSR count). The van der Waals surface area contributed by atoms with Gasteiger partial charge in [0.1, 0.15) is 17.7 Å². The number of hydrogen-bond acceptors (Lipinski definition) is 3. The normalized spacial score (nSPS) is 17.2. The molecule has 2 N–H and O–H groups in total. The van der Waals surface area contributed by atoms with E-state index in [1.165, 1.54) is 17.0 Å². The van der Waals surface area contributed by atoms with Crippen molar-refractivity contribution in [2.75, 3.05) is 19.8 Å². The van der Waals surface area contributed by atoms with E-state index in [0.717, 1.165) is 22.3 Å². The summed E-state index contributed by atoms with van der Waals surface area (Å²) >= 11 is 0. The minimum atomic E-state index is -0.308. The maximum Gasteiger partial charge on any atom is 0.253 e. The number of amides is 1. The maximum atomic E-state index is 13.4. The molecule has 0 radical (unpaired) electrons. The third kappa shape index (κ3) is 2.91. The lowest BCUT2D eigenvalue weighted by molar-refractivity contribution is -0.124. The topological polar surface area (TPSA) is 55.6 Å². The Bertz CT molecular complexity index is 1020. The molecule has 0 aromatic heterocycles. The summed E-state index contributed by atoms with van der Waals surface area (Å²) in [5.41, 5.74) is 10.7. The Kier molecular flexibility index (Phi) is 4.07. The molecular weight excluding hydrogens is 343 g/mol. The first-order valence-electron chi connectivity index (χ1n) is 8.63. The fraction of sp³-hybridized carbons (Fsp3) is 0.136. The Hall–Kier alpha value is -3.34. The van der Waals surface area contributed by atoms with E-state index in [-0.39, 0.29) is 17.8 Å². The minimum Gasteiger partial charge on any atom is -0.481 e. The summed E-state index contributed by atoms with van der Waals surface area (Å²) in [5, 5.41) is 0. The molecule has 2 aromatic rings. The van der Waals surface area contributed by atoms with Crippen LogP contribution in [0.15, 0.2) is 66.3 Å². The molecule has 0 saturated heterocycles. The Labute approximate surface area is 157 Å². The Balaban J connectivity index is 1.91. The second-order valence-electron chi connectivity index (χ2n) is 6.75. The molecule has 1 aliphatic carbocycles. The molecule has 4 nitrogen and oxygen atoms in total. The van der Waals surface area contributed by atoms with Crippen LogP contribution in [0.25, 0.3) is 16.7 Å². The first-order valence-corrected chi connectivity index (χ1v) is 8.63. The van der Waals surface area contributed by atoms with Crippen molar-refractivity contribution in [3.05, 3.63) is 77.7 Å². The summed E-state index contributed by atoms with van der Waals surface area (Å²) in [5.74, 6) is 0.300. The standard InChI is InChI=1S/C22H19FN2O2/c1-25(2)22(26)14-4-3-5-18-16(12-14)21-19(27-18)11-10-17(24)20(21)13-6-8-15(23)9-7-13/h3-12,18H,24H2,1-2H3. The number of nitrogen functional groups attached to an aromatic ring is 1. The van der Waals surface area contributed by atoms with Crippen LogP contribution in [0.1, 0.15) is 5.56 Å². The van der Waals surface area contributed by atoms with E-state index >= 15 is 0 Å². The van der Waals surface area contributed by atoms with Gasteiger partial charge in [0.15, 0.2) is 0 Å². The number of carbonyl (C=O) groups is 1. The molecule has 1 amide bonds. The second-order valence-corrected chi connectivity index (χ2v) is 6.75. The monoisotopic (exact) mass is 362 g/mol. The van der Waals surface area contributed by atoms with Crippen molar-refractivity contribution in [2.45, 2.75) is 6.10 Å². The first kappa shape index (κ1) is 17.1. The molecule has 2 aliphatic rings. The van der Waals surface area contributed by atoms with Crippen molar-refractivity contribution in [3.63, 3.8) is 0 Å². The third-order valence-corrected chi connectivity index (χ3v) is 4.71. The molecule has 0 fully saturated rings. The molecule has 5 heteroatoms. The molecule has 1 atom stereocenters. The van der Waals surface area contributed by atoms with Gasteiger partial charge in [-0.25, -0.2) is 4.39 Å². The van der Waals surface area contributed by atoms with Crippen LogP contribution in [0.2, 0.25) is 0 Å². The number of benzene rings is 2. The van der Waals surface area contributed by atoms with Crippen molar-refractivity contribution in [1.29, 1.82) is 0 Å². The highest BCUT2D eigenvalue weighted by Gasteiger charge is 2.32. The van der Waals surface area contributed by atoms with Gasteiger partial charge >= 0.3 is 0 Å². The number of hydrogen-bond donors (Lipinski definition) is 1. The first-order chi connectivity index (χ1) is 13.0. The SMILES string of the molecule is CN(C)C(=O)C1=CC=CC2Oc3ccc(N)c(-c4ccc(F)cc4)c3C2=C1. The van der Waals surface area contributed by atoms with Crippen molar-refractivity contribution >= 4 is 17.2 Å². The van der Waals surface area contributed by atoms with Crippen molar-refractivity contribution in [2.24, 2.45) is 0 Å². The number of ether oxygens (including phenoxy) is 1. The number of allylic oxidation sites excluding steroid dienone is 2. The van der Waals surface area contributed by atoms with Crippen LogP contribution in [0.5, 0.6) is 5.75 Å². The lowest BCUT2D eigenvalue weighted by Gasteiger charge is -2.14. The number of nitrogens with two attached hydrogens (primary N) is 1. The van der Waals surface area contributed by atoms with E-state index in [0.29, 0.717) is 17.0 Å². The molecule has 1 heterocycles. The third-order valence-electron chi connectivity index (χ3n) is 4.71. The quantitative estimate of drug-likeness (QED) is 0.827. The van der Waals surface area contributed by atoms with Crippen molar-refractivity contribution < 1.29 is 13.9 Å². The number of carbonyl (C=O) groups excluding carboxylic acids is 1. The van der Waals surface area contributed by atoms with Gasteiger partial charge in [-0.05, 0) is 48.1 Å². The Morgan fingerprint density at radius 2 is 1.85 bits per heavy atom. The summed E-state index contributed by atoms with van der Waals surface area (Å²) in [6.07, 6.45) is 7.07. The van der Waals surface area contributed by atoms with Crippen LogP contribution in [-0.2, 0) is 4.79 Å². The predicted octanol–water partition coefficient (Wildman–Crippen LogP) is 3.80. The molecule has 1 unspecified atom stereocenters. The van der Waals surface area contributed by atoms with E-state index < -0.39 is 0 Å². The minimum absolute atomic E-state index is 0.0894. The average Bonchev–Trinajstić information content (AvgIpc) is 2.85. The van der Waals surface area contributed by atoms with E-state index in [1.54, 1.807) is 38.4 Å². The van der Waals surface area contributed by atoms with E-state index in [2.05, 4.69) is 0 Å². The van der Waals surface area contributed by atoms with E-state index in [4.69, 9.17) is 10.5 Å². The molecule has 0 saturated carbocycles. The fourth-order valence-corrected chi connectivity index (χ4v) is 3.42. The van der Waals surface area contributed by atoms with Crippen molar-refractivity contribution in [3.8, 4) is 16.9 Å². The van der Waals surface area contributed by atoms with Gasteiger partial charge in [0.25, 0.3) is 5.91 Å². The van der Waals surface area contributed by atoms with Crippen molar-refractivity contribution in [1.82, 2.24) is 4.90 Å². The molecule has 27 heavy (non-hydrogen) atoms. The number of fused-ring (bicyclic) bond motifs is 3. The van der Waals surface area contributed by atoms with Crippen LogP contribution in [0.3, 0.4) is 0 Å². The molecular formula is C22H19FN2O2. The average molecular weight is 362 g/mol. The number of nitrogens with zero attached hydrogens (tertiary/aromatic N) is 1. The van der Waals surface area contributed by atoms with Gasteiger partial charge in [0.05, 0.1) is 0 Å². The van der Waals surface area contributed by atoms with Crippen LogP contribution in [0.4, 0.5) is 10.1 Å². The largest absolute Gasteiger partial charge is 0.481 e. The highest BCUT2D eigenvalue weighted by atomic mass is 19.1. The Morgan fingerprint density at radius 3 is 2.56 bits per heavy atom. The molecule has 0 bridgehead atoms. The summed E-state index contributed by atoms with van der Waals surface area (Å²) < 4.78 is 19.5. The predicted molar refractivity (Wildman–Crippen MR) is 105 cm³/mol. The number of likely N-dealkylation sites (N-methyl/N-ethyl adjacent to an activating group) is 1. The Morgan fingerprint density at radius 1 is 1.11 bits per heavy atom. The van der Waals surface area contributed by atoms with Crippen LogP contribution in [0, 0.1) is 5.82 Å². The van der Waals surface area contributed by atoms with E-state index in [1.807, 2.05) is 24.3 Å². The number of rotatable bonds is 2.